The molecule has 2 rings (SSSR count). The number of hydrogen-bond acceptors (Lipinski definition) is 4. The van der Waals surface area contributed by atoms with Crippen LogP contribution in [0, 0.1) is 0 Å². The Morgan fingerprint density at radius 3 is 2.43 bits per heavy atom. The van der Waals surface area contributed by atoms with Crippen molar-refractivity contribution in [2.24, 2.45) is 5.16 Å². The number of carboxylic acid groups (broad SMARTS) is 1. The molecule has 0 bridgehead atoms. The van der Waals surface area contributed by atoms with Gasteiger partial charge >= 0.3 is 5.97 Å². The number of carboxylic acids is 1. The van der Waals surface area contributed by atoms with E-state index in [2.05, 4.69) is 5.16 Å². The van der Waals surface area contributed by atoms with E-state index in [1.165, 1.54) is 0 Å². The van der Waals surface area contributed by atoms with E-state index in [1.807, 2.05) is 60.7 Å². The highest BCUT2D eigenvalue weighted by atomic mass is 16.6. The first-order chi connectivity index (χ1) is 11.2. The summed E-state index contributed by atoms with van der Waals surface area (Å²) in [7, 11) is 1.62. The van der Waals surface area contributed by atoms with Gasteiger partial charge in [-0.3, -0.25) is 0 Å². The number of aliphatic carboxylic acids is 1. The molecular weight excluding hydrogens is 294 g/mol. The number of rotatable bonds is 7. The molecule has 23 heavy (non-hydrogen) atoms. The molecule has 5 heteroatoms. The third kappa shape index (κ3) is 5.32. The molecule has 0 spiro atoms. The number of oxime groups is 1. The van der Waals surface area contributed by atoms with Gasteiger partial charge in [-0.15, -0.1) is 0 Å². The quantitative estimate of drug-likeness (QED) is 0.630. The normalized spacial score (nSPS) is 11.4. The van der Waals surface area contributed by atoms with Crippen molar-refractivity contribution in [3.63, 3.8) is 0 Å². The van der Waals surface area contributed by atoms with Gasteiger partial charge in [-0.25, -0.2) is 4.79 Å². The largest absolute Gasteiger partial charge is 0.497 e. The van der Waals surface area contributed by atoms with Gasteiger partial charge < -0.3 is 14.7 Å². The standard InChI is InChI=1S/C18H17NO4/c1-22-16-10-7-14(8-11-16)9-12-17(19-23-13-18(20)21)15-5-3-2-4-6-15/h2-12H,13H2,1H3,(H,20,21)/b12-9+,19-17+. The van der Waals surface area contributed by atoms with Crippen LogP contribution >= 0.6 is 0 Å². The highest BCUT2D eigenvalue weighted by Crippen LogP contribution is 2.13. The first-order valence-corrected chi connectivity index (χ1v) is 6.98. The van der Waals surface area contributed by atoms with Crippen molar-refractivity contribution in [3.8, 4) is 5.75 Å². The number of allylic oxidation sites excluding steroid dienone is 1. The Hall–Kier alpha value is -3.08. The maximum absolute atomic E-state index is 10.5. The van der Waals surface area contributed by atoms with Gasteiger partial charge in [-0.1, -0.05) is 53.7 Å². The fourth-order valence-corrected chi connectivity index (χ4v) is 1.84. The number of nitrogens with zero attached hydrogens (tertiary/aromatic N) is 1. The molecule has 2 aromatic rings. The van der Waals surface area contributed by atoms with Crippen molar-refractivity contribution in [3.05, 3.63) is 71.8 Å². The van der Waals surface area contributed by atoms with E-state index in [4.69, 9.17) is 14.7 Å². The second-order valence-corrected chi connectivity index (χ2v) is 4.62. The van der Waals surface area contributed by atoms with Crippen LogP contribution in [0.5, 0.6) is 5.75 Å². The van der Waals surface area contributed by atoms with E-state index < -0.39 is 12.6 Å². The Bertz CT molecular complexity index is 691. The molecule has 0 saturated carbocycles. The Morgan fingerprint density at radius 1 is 1.13 bits per heavy atom. The summed E-state index contributed by atoms with van der Waals surface area (Å²) in [6.45, 7) is -0.479. The number of ether oxygens (including phenoxy) is 1. The summed E-state index contributed by atoms with van der Waals surface area (Å²) in [5.41, 5.74) is 2.35. The smallest absolute Gasteiger partial charge is 0.344 e. The average molecular weight is 311 g/mol. The summed E-state index contributed by atoms with van der Waals surface area (Å²) in [6.07, 6.45) is 3.65. The molecule has 0 amide bonds. The van der Waals surface area contributed by atoms with Crippen LogP contribution in [0.3, 0.4) is 0 Å². The molecule has 118 valence electrons. The lowest BCUT2D eigenvalue weighted by molar-refractivity contribution is -0.142. The van der Waals surface area contributed by atoms with Crippen molar-refractivity contribution in [2.45, 2.75) is 0 Å². The second kappa shape index (κ2) is 8.38. The number of benzene rings is 2. The predicted octanol–water partition coefficient (Wildman–Crippen LogP) is 3.21. The number of methoxy groups -OCH3 is 1. The molecule has 0 fully saturated rings. The van der Waals surface area contributed by atoms with Gasteiger partial charge in [0.2, 0.25) is 6.61 Å². The Morgan fingerprint density at radius 2 is 1.83 bits per heavy atom. The summed E-state index contributed by atoms with van der Waals surface area (Å²) in [5.74, 6) is -0.288. The number of carbonyl (C=O) groups is 1. The van der Waals surface area contributed by atoms with Crippen LogP contribution in [0.15, 0.2) is 65.8 Å². The van der Waals surface area contributed by atoms with Crippen molar-refractivity contribution < 1.29 is 19.5 Å². The molecule has 0 aliphatic rings. The van der Waals surface area contributed by atoms with Crippen LogP contribution < -0.4 is 4.74 Å². The minimum Gasteiger partial charge on any atom is -0.497 e. The number of hydrogen-bond donors (Lipinski definition) is 1. The molecule has 2 aromatic carbocycles. The molecule has 0 radical (unpaired) electrons. The van der Waals surface area contributed by atoms with E-state index in [9.17, 15) is 4.79 Å². The molecule has 5 nitrogen and oxygen atoms in total. The summed E-state index contributed by atoms with van der Waals surface area (Å²) in [5, 5.41) is 12.5. The minimum absolute atomic E-state index is 0.479. The van der Waals surface area contributed by atoms with Crippen molar-refractivity contribution in [1.29, 1.82) is 0 Å². The molecular formula is C18H17NO4. The summed E-state index contributed by atoms with van der Waals surface area (Å²) >= 11 is 0. The topological polar surface area (TPSA) is 68.1 Å². The monoisotopic (exact) mass is 311 g/mol. The van der Waals surface area contributed by atoms with Crippen molar-refractivity contribution in [2.75, 3.05) is 13.7 Å². The zero-order valence-electron chi connectivity index (χ0n) is 12.7. The first-order valence-electron chi connectivity index (χ1n) is 6.98. The molecule has 0 atom stereocenters. The molecule has 0 saturated heterocycles. The van der Waals surface area contributed by atoms with E-state index in [-0.39, 0.29) is 0 Å². The van der Waals surface area contributed by atoms with Gasteiger partial charge in [0.1, 0.15) is 11.5 Å². The molecule has 1 N–H and O–H groups in total. The lowest BCUT2D eigenvalue weighted by Crippen LogP contribution is -2.06. The van der Waals surface area contributed by atoms with Crippen LogP contribution in [0.2, 0.25) is 0 Å². The van der Waals surface area contributed by atoms with Crippen LogP contribution in [0.4, 0.5) is 0 Å². The Kier molecular flexibility index (Phi) is 5.94. The average Bonchev–Trinajstić information content (AvgIpc) is 2.59. The molecule has 0 aliphatic heterocycles. The molecule has 0 unspecified atom stereocenters. The lowest BCUT2D eigenvalue weighted by atomic mass is 10.1. The summed E-state index contributed by atoms with van der Waals surface area (Å²) < 4.78 is 5.12. The maximum atomic E-state index is 10.5. The Labute approximate surface area is 134 Å². The summed E-state index contributed by atoms with van der Waals surface area (Å²) in [4.78, 5) is 15.4. The fraction of sp³-hybridized carbons (Fsp3) is 0.111. The van der Waals surface area contributed by atoms with Crippen molar-refractivity contribution in [1.82, 2.24) is 0 Å². The van der Waals surface area contributed by atoms with E-state index in [0.717, 1.165) is 16.9 Å². The van der Waals surface area contributed by atoms with E-state index >= 15 is 0 Å². The Balaban J connectivity index is 2.19. The first kappa shape index (κ1) is 16.3. The van der Waals surface area contributed by atoms with E-state index in [1.54, 1.807) is 13.2 Å². The predicted molar refractivity (Wildman–Crippen MR) is 88.6 cm³/mol. The molecule has 0 aliphatic carbocycles. The fourth-order valence-electron chi connectivity index (χ4n) is 1.84. The van der Waals surface area contributed by atoms with Gasteiger partial charge in [0, 0.05) is 5.56 Å². The van der Waals surface area contributed by atoms with Gasteiger partial charge in [-0.05, 0) is 23.8 Å². The highest BCUT2D eigenvalue weighted by molar-refractivity contribution is 6.10. The van der Waals surface area contributed by atoms with Crippen molar-refractivity contribution >= 4 is 17.8 Å². The highest BCUT2D eigenvalue weighted by Gasteiger charge is 2.02. The zero-order valence-corrected chi connectivity index (χ0v) is 12.7. The SMILES string of the molecule is COc1ccc(/C=C/C(=N\OCC(=O)O)c2ccccc2)cc1. The maximum Gasteiger partial charge on any atom is 0.344 e. The van der Waals surface area contributed by atoms with E-state index in [0.29, 0.717) is 5.71 Å². The van der Waals surface area contributed by atoms with Crippen LogP contribution in [0.1, 0.15) is 11.1 Å². The third-order valence-corrected chi connectivity index (χ3v) is 2.97. The van der Waals surface area contributed by atoms with Crippen LogP contribution in [-0.4, -0.2) is 30.5 Å². The van der Waals surface area contributed by atoms with Gasteiger partial charge in [-0.2, -0.15) is 0 Å². The molecule has 0 aromatic heterocycles. The zero-order chi connectivity index (χ0) is 16.5. The van der Waals surface area contributed by atoms with Crippen LogP contribution in [-0.2, 0) is 9.63 Å². The lowest BCUT2D eigenvalue weighted by Gasteiger charge is -2.02. The van der Waals surface area contributed by atoms with Gasteiger partial charge in [0.25, 0.3) is 0 Å². The van der Waals surface area contributed by atoms with Crippen LogP contribution in [0.25, 0.3) is 6.08 Å². The second-order valence-electron chi connectivity index (χ2n) is 4.62. The van der Waals surface area contributed by atoms with Gasteiger partial charge in [0.05, 0.1) is 7.11 Å². The third-order valence-electron chi connectivity index (χ3n) is 2.97. The van der Waals surface area contributed by atoms with Gasteiger partial charge in [0.15, 0.2) is 0 Å². The summed E-state index contributed by atoms with van der Waals surface area (Å²) in [6, 6.07) is 17.0. The minimum atomic E-state index is -1.07. The molecule has 0 heterocycles.